The molecule has 0 aliphatic heterocycles. The average molecular weight is 395 g/mol. The number of urea groups is 1. The molecule has 1 heterocycles. The van der Waals surface area contributed by atoms with E-state index in [4.69, 9.17) is 9.47 Å². The number of ether oxygens (including phenoxy) is 2. The van der Waals surface area contributed by atoms with E-state index in [1.54, 1.807) is 36.5 Å². The molecule has 0 unspecified atom stereocenters. The molecule has 0 radical (unpaired) electrons. The van der Waals surface area contributed by atoms with E-state index in [1.807, 2.05) is 26.0 Å². The van der Waals surface area contributed by atoms with Gasteiger partial charge in [-0.05, 0) is 49.7 Å². The van der Waals surface area contributed by atoms with Crippen molar-refractivity contribution in [1.82, 2.24) is 10.3 Å². The molecule has 0 atom stereocenters. The van der Waals surface area contributed by atoms with Gasteiger partial charge in [-0.1, -0.05) is 18.2 Å². The molecule has 2 N–H and O–H groups in total. The monoisotopic (exact) mass is 395 g/mol. The number of halogens is 1. The van der Waals surface area contributed by atoms with E-state index < -0.39 is 11.8 Å². The highest BCUT2D eigenvalue weighted by molar-refractivity contribution is 5.91. The minimum absolute atomic E-state index is 0.181. The first-order valence-electron chi connectivity index (χ1n) is 9.20. The van der Waals surface area contributed by atoms with Crippen LogP contribution in [0.2, 0.25) is 0 Å². The van der Waals surface area contributed by atoms with Crippen LogP contribution >= 0.6 is 0 Å². The zero-order valence-corrected chi connectivity index (χ0v) is 16.2. The highest BCUT2D eigenvalue weighted by Gasteiger charge is 2.11. The summed E-state index contributed by atoms with van der Waals surface area (Å²) in [5.41, 5.74) is 2.27. The van der Waals surface area contributed by atoms with Gasteiger partial charge in [0.2, 0.25) is 5.88 Å². The van der Waals surface area contributed by atoms with Gasteiger partial charge in [-0.2, -0.15) is 0 Å². The Morgan fingerprint density at radius 2 is 2.00 bits per heavy atom. The predicted octanol–water partition coefficient (Wildman–Crippen LogP) is 5.04. The number of aryl methyl sites for hydroxylation is 1. The molecule has 2 amide bonds. The van der Waals surface area contributed by atoms with Crippen molar-refractivity contribution < 1.29 is 18.7 Å². The second-order valence-corrected chi connectivity index (χ2v) is 6.27. The van der Waals surface area contributed by atoms with Gasteiger partial charge in [-0.25, -0.2) is 14.2 Å². The van der Waals surface area contributed by atoms with Crippen LogP contribution in [0.1, 0.15) is 18.1 Å². The average Bonchev–Trinajstić information content (AvgIpc) is 2.70. The van der Waals surface area contributed by atoms with Crippen molar-refractivity contribution in [2.45, 2.75) is 20.4 Å². The standard InChI is InChI=1S/C22H22FN3O3/c1-3-28-20-12-15(2)9-10-19(20)26-22(27)25-14-16-6-5-11-24-21(16)29-18-8-4-7-17(23)13-18/h4-13H,3,14H2,1-2H3,(H2,25,26,27). The fraction of sp³-hybridized carbons (Fsp3) is 0.182. The summed E-state index contributed by atoms with van der Waals surface area (Å²) < 4.78 is 24.6. The van der Waals surface area contributed by atoms with Gasteiger partial charge in [0.25, 0.3) is 0 Å². The molecule has 0 spiro atoms. The minimum Gasteiger partial charge on any atom is -0.492 e. The number of carbonyl (C=O) groups excluding carboxylic acids is 1. The maximum Gasteiger partial charge on any atom is 0.319 e. The maximum atomic E-state index is 13.4. The summed E-state index contributed by atoms with van der Waals surface area (Å²) in [6, 6.07) is 14.5. The van der Waals surface area contributed by atoms with Crippen LogP contribution in [0, 0.1) is 12.7 Å². The van der Waals surface area contributed by atoms with Gasteiger partial charge in [0.1, 0.15) is 17.3 Å². The van der Waals surface area contributed by atoms with Crippen molar-refractivity contribution in [1.29, 1.82) is 0 Å². The quantitative estimate of drug-likeness (QED) is 0.588. The number of carbonyl (C=O) groups is 1. The Morgan fingerprint density at radius 1 is 1.14 bits per heavy atom. The first kappa shape index (κ1) is 20.1. The molecule has 1 aromatic heterocycles. The number of pyridine rings is 1. The number of aromatic nitrogens is 1. The Hall–Kier alpha value is -3.61. The molecule has 7 heteroatoms. The highest BCUT2D eigenvalue weighted by atomic mass is 19.1. The van der Waals surface area contributed by atoms with Gasteiger partial charge < -0.3 is 20.1 Å². The normalized spacial score (nSPS) is 10.3. The zero-order valence-electron chi connectivity index (χ0n) is 16.2. The van der Waals surface area contributed by atoms with Crippen LogP contribution in [0.25, 0.3) is 0 Å². The summed E-state index contributed by atoms with van der Waals surface area (Å²) in [5.74, 6) is 0.832. The van der Waals surface area contributed by atoms with E-state index in [1.165, 1.54) is 12.1 Å². The topological polar surface area (TPSA) is 72.5 Å². The smallest absolute Gasteiger partial charge is 0.319 e. The van der Waals surface area contributed by atoms with Gasteiger partial charge in [0, 0.05) is 24.4 Å². The molecule has 3 rings (SSSR count). The summed E-state index contributed by atoms with van der Waals surface area (Å²) >= 11 is 0. The molecule has 0 saturated heterocycles. The van der Waals surface area contributed by atoms with Crippen molar-refractivity contribution in [3.63, 3.8) is 0 Å². The third-order valence-corrected chi connectivity index (χ3v) is 3.99. The number of rotatable bonds is 7. The highest BCUT2D eigenvalue weighted by Crippen LogP contribution is 2.26. The van der Waals surface area contributed by atoms with Gasteiger partial charge in [-0.3, -0.25) is 0 Å². The lowest BCUT2D eigenvalue weighted by Gasteiger charge is -2.14. The van der Waals surface area contributed by atoms with Crippen LogP contribution in [0.5, 0.6) is 17.4 Å². The molecule has 29 heavy (non-hydrogen) atoms. The van der Waals surface area contributed by atoms with Gasteiger partial charge in [0.05, 0.1) is 12.3 Å². The number of anilines is 1. The number of hydrogen-bond acceptors (Lipinski definition) is 4. The van der Waals surface area contributed by atoms with Crippen LogP contribution < -0.4 is 20.1 Å². The molecular weight excluding hydrogens is 373 g/mol. The van der Waals surface area contributed by atoms with Crippen molar-refractivity contribution in [2.75, 3.05) is 11.9 Å². The van der Waals surface area contributed by atoms with Crippen molar-refractivity contribution in [3.8, 4) is 17.4 Å². The van der Waals surface area contributed by atoms with Crippen LogP contribution in [-0.4, -0.2) is 17.6 Å². The largest absolute Gasteiger partial charge is 0.492 e. The third-order valence-electron chi connectivity index (χ3n) is 3.99. The van der Waals surface area contributed by atoms with Gasteiger partial charge in [0.15, 0.2) is 0 Å². The molecule has 0 fully saturated rings. The number of benzene rings is 2. The summed E-state index contributed by atoms with van der Waals surface area (Å²) in [6.07, 6.45) is 1.57. The van der Waals surface area contributed by atoms with Crippen LogP contribution in [0.3, 0.4) is 0 Å². The first-order chi connectivity index (χ1) is 14.0. The first-order valence-corrected chi connectivity index (χ1v) is 9.20. The van der Waals surface area contributed by atoms with Crippen LogP contribution in [0.4, 0.5) is 14.9 Å². The summed E-state index contributed by atoms with van der Waals surface area (Å²) in [5, 5.41) is 5.55. The van der Waals surface area contributed by atoms with Crippen LogP contribution in [-0.2, 0) is 6.54 Å². The lowest BCUT2D eigenvalue weighted by atomic mass is 10.2. The van der Waals surface area contributed by atoms with E-state index in [2.05, 4.69) is 15.6 Å². The van der Waals surface area contributed by atoms with E-state index in [0.717, 1.165) is 5.56 Å². The lowest BCUT2D eigenvalue weighted by Crippen LogP contribution is -2.28. The van der Waals surface area contributed by atoms with Crippen molar-refractivity contribution in [3.05, 3.63) is 77.7 Å². The Balaban J connectivity index is 1.65. The van der Waals surface area contributed by atoms with E-state index in [0.29, 0.717) is 35.2 Å². The van der Waals surface area contributed by atoms with Crippen LogP contribution in [0.15, 0.2) is 60.8 Å². The number of nitrogens with zero attached hydrogens (tertiary/aromatic N) is 1. The number of amides is 2. The fourth-order valence-electron chi connectivity index (χ4n) is 2.64. The second-order valence-electron chi connectivity index (χ2n) is 6.27. The second kappa shape index (κ2) is 9.54. The molecular formula is C22H22FN3O3. The van der Waals surface area contributed by atoms with E-state index in [-0.39, 0.29) is 6.54 Å². The van der Waals surface area contributed by atoms with E-state index in [9.17, 15) is 9.18 Å². The molecule has 2 aromatic carbocycles. The molecule has 0 bridgehead atoms. The Bertz CT molecular complexity index is 995. The SMILES string of the molecule is CCOc1cc(C)ccc1NC(=O)NCc1cccnc1Oc1cccc(F)c1. The summed E-state index contributed by atoms with van der Waals surface area (Å²) in [4.78, 5) is 16.5. The summed E-state index contributed by atoms with van der Waals surface area (Å²) in [7, 11) is 0. The molecule has 0 saturated carbocycles. The van der Waals surface area contributed by atoms with Gasteiger partial charge >= 0.3 is 6.03 Å². The number of nitrogens with one attached hydrogen (secondary N) is 2. The van der Waals surface area contributed by atoms with Crippen molar-refractivity contribution in [2.24, 2.45) is 0 Å². The van der Waals surface area contributed by atoms with Gasteiger partial charge in [-0.15, -0.1) is 0 Å². The molecule has 0 aliphatic carbocycles. The maximum absolute atomic E-state index is 13.4. The lowest BCUT2D eigenvalue weighted by molar-refractivity contribution is 0.251. The minimum atomic E-state index is -0.402. The molecule has 6 nitrogen and oxygen atoms in total. The molecule has 3 aromatic rings. The summed E-state index contributed by atoms with van der Waals surface area (Å²) in [6.45, 7) is 4.51. The van der Waals surface area contributed by atoms with Crippen molar-refractivity contribution >= 4 is 11.7 Å². The van der Waals surface area contributed by atoms with E-state index >= 15 is 0 Å². The predicted molar refractivity (Wildman–Crippen MR) is 109 cm³/mol. The number of hydrogen-bond donors (Lipinski definition) is 2. The Morgan fingerprint density at radius 3 is 2.79 bits per heavy atom. The Kier molecular flexibility index (Phi) is 6.63. The fourth-order valence-corrected chi connectivity index (χ4v) is 2.64. The Labute approximate surface area is 168 Å². The molecule has 150 valence electrons. The molecule has 0 aliphatic rings. The third kappa shape index (κ3) is 5.68. The zero-order chi connectivity index (χ0) is 20.6.